The van der Waals surface area contributed by atoms with Crippen LogP contribution in [0.3, 0.4) is 0 Å². The van der Waals surface area contributed by atoms with E-state index in [-0.39, 0.29) is 18.8 Å². The third-order valence-electron chi connectivity index (χ3n) is 1.98. The van der Waals surface area contributed by atoms with Crippen molar-refractivity contribution in [2.75, 3.05) is 19.7 Å². The normalized spacial score (nSPS) is 28.7. The van der Waals surface area contributed by atoms with Gasteiger partial charge in [-0.05, 0) is 13.8 Å². The number of alkyl halides is 2. The van der Waals surface area contributed by atoms with Gasteiger partial charge in [0, 0.05) is 13.1 Å². The minimum Gasteiger partial charge on any atom is -0.376 e. The molecule has 3 nitrogen and oxygen atoms in total. The van der Waals surface area contributed by atoms with Gasteiger partial charge in [0.15, 0.2) is 0 Å². The summed E-state index contributed by atoms with van der Waals surface area (Å²) in [6.07, 6.45) is -3.58. The van der Waals surface area contributed by atoms with Crippen molar-refractivity contribution in [1.82, 2.24) is 5.32 Å². The van der Waals surface area contributed by atoms with Gasteiger partial charge in [0.25, 0.3) is 6.43 Å². The SMILES string of the molecule is CC(C)OC[C@@H]1CNC[C@H](C(F)F)O1. The lowest BCUT2D eigenvalue weighted by molar-refractivity contribution is -0.132. The zero-order valence-corrected chi connectivity index (χ0v) is 8.50. The predicted molar refractivity (Wildman–Crippen MR) is 48.6 cm³/mol. The van der Waals surface area contributed by atoms with Crippen LogP contribution in [0, 0.1) is 0 Å². The van der Waals surface area contributed by atoms with E-state index in [0.29, 0.717) is 13.2 Å². The average molecular weight is 209 g/mol. The molecule has 1 saturated heterocycles. The molecule has 0 unspecified atom stereocenters. The molecular formula is C9H17F2NO2. The van der Waals surface area contributed by atoms with E-state index in [0.717, 1.165) is 0 Å². The van der Waals surface area contributed by atoms with Gasteiger partial charge in [0.05, 0.1) is 18.8 Å². The van der Waals surface area contributed by atoms with Crippen molar-refractivity contribution < 1.29 is 18.3 Å². The number of halogens is 2. The molecule has 1 fully saturated rings. The summed E-state index contributed by atoms with van der Waals surface area (Å²) < 4.78 is 35.0. The van der Waals surface area contributed by atoms with Crippen molar-refractivity contribution in [2.24, 2.45) is 0 Å². The van der Waals surface area contributed by atoms with Gasteiger partial charge in [-0.2, -0.15) is 0 Å². The fraction of sp³-hybridized carbons (Fsp3) is 1.00. The Balaban J connectivity index is 2.25. The number of hydrogen-bond donors (Lipinski definition) is 1. The Labute approximate surface area is 82.8 Å². The van der Waals surface area contributed by atoms with Crippen LogP contribution in [-0.2, 0) is 9.47 Å². The maximum atomic E-state index is 12.3. The highest BCUT2D eigenvalue weighted by atomic mass is 19.3. The van der Waals surface area contributed by atoms with E-state index in [1.54, 1.807) is 0 Å². The summed E-state index contributed by atoms with van der Waals surface area (Å²) in [4.78, 5) is 0. The second kappa shape index (κ2) is 5.58. The molecule has 0 aromatic rings. The first kappa shape index (κ1) is 11.8. The first-order chi connectivity index (χ1) is 6.59. The number of ether oxygens (including phenoxy) is 2. The third-order valence-corrected chi connectivity index (χ3v) is 1.98. The Morgan fingerprint density at radius 2 is 2.14 bits per heavy atom. The lowest BCUT2D eigenvalue weighted by Crippen LogP contribution is -2.49. The molecule has 1 rings (SSSR count). The van der Waals surface area contributed by atoms with Crippen LogP contribution in [0.5, 0.6) is 0 Å². The molecule has 0 aromatic carbocycles. The van der Waals surface area contributed by atoms with E-state index >= 15 is 0 Å². The van der Waals surface area contributed by atoms with Crippen molar-refractivity contribution in [2.45, 2.75) is 38.6 Å². The Bertz CT molecular complexity index is 167. The van der Waals surface area contributed by atoms with Gasteiger partial charge in [-0.15, -0.1) is 0 Å². The minimum atomic E-state index is -2.43. The van der Waals surface area contributed by atoms with Gasteiger partial charge in [0.2, 0.25) is 0 Å². The molecule has 1 N–H and O–H groups in total. The zero-order valence-electron chi connectivity index (χ0n) is 8.50. The van der Waals surface area contributed by atoms with Gasteiger partial charge in [0.1, 0.15) is 6.10 Å². The van der Waals surface area contributed by atoms with E-state index in [1.807, 2.05) is 13.8 Å². The van der Waals surface area contributed by atoms with Crippen LogP contribution in [-0.4, -0.2) is 44.4 Å². The van der Waals surface area contributed by atoms with Crippen LogP contribution in [0.15, 0.2) is 0 Å². The summed E-state index contributed by atoms with van der Waals surface area (Å²) in [5.74, 6) is 0. The summed E-state index contributed by atoms with van der Waals surface area (Å²) in [5.41, 5.74) is 0. The lowest BCUT2D eigenvalue weighted by atomic mass is 10.2. The first-order valence-corrected chi connectivity index (χ1v) is 4.85. The van der Waals surface area contributed by atoms with E-state index < -0.39 is 12.5 Å². The molecule has 0 saturated carbocycles. The molecule has 84 valence electrons. The van der Waals surface area contributed by atoms with Gasteiger partial charge < -0.3 is 14.8 Å². The van der Waals surface area contributed by atoms with Crippen LogP contribution < -0.4 is 5.32 Å². The molecule has 1 aliphatic heterocycles. The predicted octanol–water partition coefficient (Wildman–Crippen LogP) is 1.03. The summed E-state index contributed by atoms with van der Waals surface area (Å²) in [6, 6.07) is 0. The minimum absolute atomic E-state index is 0.102. The van der Waals surface area contributed by atoms with Gasteiger partial charge >= 0.3 is 0 Å². The van der Waals surface area contributed by atoms with Crippen molar-refractivity contribution in [3.8, 4) is 0 Å². The van der Waals surface area contributed by atoms with Crippen molar-refractivity contribution in [3.05, 3.63) is 0 Å². The molecule has 0 radical (unpaired) electrons. The van der Waals surface area contributed by atoms with Crippen molar-refractivity contribution in [3.63, 3.8) is 0 Å². The van der Waals surface area contributed by atoms with E-state index in [9.17, 15) is 8.78 Å². The first-order valence-electron chi connectivity index (χ1n) is 4.85. The fourth-order valence-electron chi connectivity index (χ4n) is 1.28. The molecule has 1 aliphatic rings. The molecule has 5 heteroatoms. The van der Waals surface area contributed by atoms with Gasteiger partial charge in [-0.3, -0.25) is 0 Å². The largest absolute Gasteiger partial charge is 0.376 e. The number of hydrogen-bond acceptors (Lipinski definition) is 3. The highest BCUT2D eigenvalue weighted by Gasteiger charge is 2.28. The second-order valence-corrected chi connectivity index (χ2v) is 3.67. The Hall–Kier alpha value is -0.260. The highest BCUT2D eigenvalue weighted by molar-refractivity contribution is 4.75. The Morgan fingerprint density at radius 1 is 1.43 bits per heavy atom. The third kappa shape index (κ3) is 3.86. The smallest absolute Gasteiger partial charge is 0.265 e. The molecule has 0 aromatic heterocycles. The van der Waals surface area contributed by atoms with Crippen LogP contribution in [0.25, 0.3) is 0 Å². The molecule has 0 amide bonds. The average Bonchev–Trinajstić information content (AvgIpc) is 2.15. The summed E-state index contributed by atoms with van der Waals surface area (Å²) in [5, 5.41) is 2.90. The zero-order chi connectivity index (χ0) is 10.6. The van der Waals surface area contributed by atoms with Crippen molar-refractivity contribution in [1.29, 1.82) is 0 Å². The van der Waals surface area contributed by atoms with Gasteiger partial charge in [-0.1, -0.05) is 0 Å². The van der Waals surface area contributed by atoms with Crippen LogP contribution in [0.2, 0.25) is 0 Å². The molecule has 0 spiro atoms. The van der Waals surface area contributed by atoms with E-state index in [4.69, 9.17) is 9.47 Å². The highest BCUT2D eigenvalue weighted by Crippen LogP contribution is 2.12. The summed E-state index contributed by atoms with van der Waals surface area (Å²) >= 11 is 0. The molecular weight excluding hydrogens is 192 g/mol. The molecule has 2 atom stereocenters. The molecule has 1 heterocycles. The number of rotatable bonds is 4. The topological polar surface area (TPSA) is 30.5 Å². The van der Waals surface area contributed by atoms with Crippen LogP contribution >= 0.6 is 0 Å². The maximum Gasteiger partial charge on any atom is 0.265 e. The lowest BCUT2D eigenvalue weighted by Gasteiger charge is -2.30. The fourth-order valence-corrected chi connectivity index (χ4v) is 1.28. The van der Waals surface area contributed by atoms with E-state index in [2.05, 4.69) is 5.32 Å². The maximum absolute atomic E-state index is 12.3. The van der Waals surface area contributed by atoms with Crippen LogP contribution in [0.1, 0.15) is 13.8 Å². The summed E-state index contributed by atoms with van der Waals surface area (Å²) in [6.45, 7) is 4.97. The number of nitrogens with one attached hydrogen (secondary N) is 1. The van der Waals surface area contributed by atoms with Crippen molar-refractivity contribution >= 4 is 0 Å². The molecule has 0 bridgehead atoms. The molecule has 14 heavy (non-hydrogen) atoms. The Morgan fingerprint density at radius 3 is 2.71 bits per heavy atom. The summed E-state index contributed by atoms with van der Waals surface area (Å²) in [7, 11) is 0. The molecule has 0 aliphatic carbocycles. The van der Waals surface area contributed by atoms with Gasteiger partial charge in [-0.25, -0.2) is 8.78 Å². The van der Waals surface area contributed by atoms with Crippen LogP contribution in [0.4, 0.5) is 8.78 Å². The second-order valence-electron chi connectivity index (χ2n) is 3.67. The number of morpholine rings is 1. The monoisotopic (exact) mass is 209 g/mol. The Kier molecular flexibility index (Phi) is 4.71. The van der Waals surface area contributed by atoms with E-state index in [1.165, 1.54) is 0 Å². The standard InChI is InChI=1S/C9H17F2NO2/c1-6(2)13-5-7-3-12-4-8(14-7)9(10)11/h6-9,12H,3-5H2,1-2H3/t7-,8+/m0/s1. The quantitative estimate of drug-likeness (QED) is 0.750.